The minimum atomic E-state index is -0.531. The smallest absolute Gasteiger partial charge is 0.325 e. The molecular formula is C21H19N3O4S. The molecule has 0 saturated heterocycles. The Hall–Kier alpha value is -3.52. The molecule has 2 heterocycles. The topological polar surface area (TPSA) is 97.4 Å². The number of thiophene rings is 1. The fraction of sp³-hybridized carbons (Fsp3) is 0.143. The normalized spacial score (nSPS) is 10.3. The summed E-state index contributed by atoms with van der Waals surface area (Å²) in [6, 6.07) is 13.9. The lowest BCUT2D eigenvalue weighted by Gasteiger charge is -2.09. The number of nitrogens with one attached hydrogen (secondary N) is 2. The second-order valence-corrected chi connectivity index (χ2v) is 7.04. The van der Waals surface area contributed by atoms with Crippen LogP contribution in [0.2, 0.25) is 0 Å². The number of esters is 1. The van der Waals surface area contributed by atoms with Crippen LogP contribution in [0, 0.1) is 6.92 Å². The molecule has 2 amide bonds. The Balaban J connectivity index is 1.65. The van der Waals surface area contributed by atoms with Crippen molar-refractivity contribution < 1.29 is 19.1 Å². The van der Waals surface area contributed by atoms with Crippen molar-refractivity contribution in [3.05, 3.63) is 70.7 Å². The fourth-order valence-corrected chi connectivity index (χ4v) is 3.29. The molecule has 0 saturated carbocycles. The van der Waals surface area contributed by atoms with Crippen LogP contribution in [0.3, 0.4) is 0 Å². The van der Waals surface area contributed by atoms with E-state index < -0.39 is 11.9 Å². The van der Waals surface area contributed by atoms with Crippen molar-refractivity contribution in [1.82, 2.24) is 10.3 Å². The highest BCUT2D eigenvalue weighted by molar-refractivity contribution is 7.13. The highest BCUT2D eigenvalue weighted by Crippen LogP contribution is 2.24. The third-order valence-corrected chi connectivity index (χ3v) is 5.02. The summed E-state index contributed by atoms with van der Waals surface area (Å²) in [6.45, 7) is 1.59. The van der Waals surface area contributed by atoms with Gasteiger partial charge >= 0.3 is 5.97 Å². The number of pyridine rings is 1. The van der Waals surface area contributed by atoms with Crippen LogP contribution in [-0.4, -0.2) is 36.4 Å². The van der Waals surface area contributed by atoms with Crippen LogP contribution in [0.5, 0.6) is 0 Å². The molecule has 0 aliphatic carbocycles. The van der Waals surface area contributed by atoms with Crippen molar-refractivity contribution in [2.45, 2.75) is 6.92 Å². The zero-order chi connectivity index (χ0) is 20.8. The molecule has 0 unspecified atom stereocenters. The third-order valence-electron chi connectivity index (χ3n) is 4.13. The Kier molecular flexibility index (Phi) is 6.36. The van der Waals surface area contributed by atoms with E-state index in [1.54, 1.807) is 48.6 Å². The second kappa shape index (κ2) is 9.11. The number of benzene rings is 1. The molecule has 3 aromatic rings. The standard InChI is InChI=1S/C21H19N3O4S/c1-13-16(9-10-17(23-13)18-4-3-11-29-18)21(27)24-15-7-5-14(6-8-15)20(26)22-12-19(25)28-2/h3-11H,12H2,1-2H3,(H,22,26)(H,24,27). The second-order valence-electron chi connectivity index (χ2n) is 6.10. The number of carbonyl (C=O) groups excluding carboxylic acids is 3. The zero-order valence-corrected chi connectivity index (χ0v) is 16.7. The molecule has 2 N–H and O–H groups in total. The van der Waals surface area contributed by atoms with E-state index in [0.717, 1.165) is 10.6 Å². The first-order chi connectivity index (χ1) is 14.0. The van der Waals surface area contributed by atoms with Gasteiger partial charge < -0.3 is 15.4 Å². The summed E-state index contributed by atoms with van der Waals surface area (Å²) in [5, 5.41) is 7.23. The van der Waals surface area contributed by atoms with Crippen LogP contribution < -0.4 is 10.6 Å². The van der Waals surface area contributed by atoms with Gasteiger partial charge in [-0.15, -0.1) is 11.3 Å². The monoisotopic (exact) mass is 409 g/mol. The Morgan fingerprint density at radius 1 is 1.03 bits per heavy atom. The van der Waals surface area contributed by atoms with E-state index in [0.29, 0.717) is 22.5 Å². The summed E-state index contributed by atoms with van der Waals surface area (Å²) >= 11 is 1.59. The Morgan fingerprint density at radius 2 is 1.79 bits per heavy atom. The maximum atomic E-state index is 12.6. The lowest BCUT2D eigenvalue weighted by molar-refractivity contribution is -0.139. The third kappa shape index (κ3) is 5.05. The van der Waals surface area contributed by atoms with E-state index in [1.165, 1.54) is 7.11 Å². The highest BCUT2D eigenvalue weighted by Gasteiger charge is 2.13. The molecule has 0 fully saturated rings. The molecule has 3 rings (SSSR count). The van der Waals surface area contributed by atoms with Crippen LogP contribution >= 0.6 is 11.3 Å². The molecule has 29 heavy (non-hydrogen) atoms. The van der Waals surface area contributed by atoms with Crippen molar-refractivity contribution >= 4 is 34.8 Å². The minimum Gasteiger partial charge on any atom is -0.468 e. The number of aromatic nitrogens is 1. The summed E-state index contributed by atoms with van der Waals surface area (Å²) < 4.78 is 4.47. The number of hydrogen-bond donors (Lipinski definition) is 2. The number of anilines is 1. The number of carbonyl (C=O) groups is 3. The lowest BCUT2D eigenvalue weighted by Crippen LogP contribution is -2.30. The number of hydrogen-bond acceptors (Lipinski definition) is 6. The van der Waals surface area contributed by atoms with Crippen LogP contribution in [0.15, 0.2) is 53.9 Å². The van der Waals surface area contributed by atoms with Gasteiger partial charge in [-0.2, -0.15) is 0 Å². The summed E-state index contributed by atoms with van der Waals surface area (Å²) in [5.74, 6) is -1.22. The predicted octanol–water partition coefficient (Wildman–Crippen LogP) is 3.27. The van der Waals surface area contributed by atoms with Gasteiger partial charge in [-0.1, -0.05) is 6.07 Å². The first kappa shape index (κ1) is 20.2. The van der Waals surface area contributed by atoms with Crippen molar-refractivity contribution in [2.75, 3.05) is 19.0 Å². The number of nitrogens with zero attached hydrogens (tertiary/aromatic N) is 1. The quantitative estimate of drug-likeness (QED) is 0.609. The molecule has 0 aliphatic heterocycles. The molecule has 148 valence electrons. The summed E-state index contributed by atoms with van der Waals surface area (Å²) in [5.41, 5.74) is 2.85. The van der Waals surface area contributed by atoms with Crippen LogP contribution in [0.1, 0.15) is 26.4 Å². The Bertz CT molecular complexity index is 1030. The fourth-order valence-electron chi connectivity index (χ4n) is 2.59. The van der Waals surface area contributed by atoms with Crippen molar-refractivity contribution in [1.29, 1.82) is 0 Å². The molecule has 0 bridgehead atoms. The van der Waals surface area contributed by atoms with E-state index >= 15 is 0 Å². The Morgan fingerprint density at radius 3 is 2.41 bits per heavy atom. The minimum absolute atomic E-state index is 0.207. The van der Waals surface area contributed by atoms with E-state index in [4.69, 9.17) is 0 Å². The predicted molar refractivity (Wildman–Crippen MR) is 111 cm³/mol. The van der Waals surface area contributed by atoms with Crippen molar-refractivity contribution in [3.63, 3.8) is 0 Å². The number of rotatable bonds is 6. The maximum absolute atomic E-state index is 12.6. The van der Waals surface area contributed by atoms with Crippen molar-refractivity contribution in [3.8, 4) is 10.6 Å². The summed E-state index contributed by atoms with van der Waals surface area (Å²) in [6.07, 6.45) is 0. The van der Waals surface area contributed by atoms with Gasteiger partial charge in [0.05, 0.1) is 28.9 Å². The van der Waals surface area contributed by atoms with Crippen LogP contribution in [-0.2, 0) is 9.53 Å². The molecule has 0 aliphatic rings. The van der Waals surface area contributed by atoms with Gasteiger partial charge in [0.25, 0.3) is 11.8 Å². The molecular weight excluding hydrogens is 390 g/mol. The zero-order valence-electron chi connectivity index (χ0n) is 15.9. The number of ether oxygens (including phenoxy) is 1. The highest BCUT2D eigenvalue weighted by atomic mass is 32.1. The SMILES string of the molecule is COC(=O)CNC(=O)c1ccc(NC(=O)c2ccc(-c3cccs3)nc2C)cc1. The van der Waals surface area contributed by atoms with Gasteiger partial charge in [0.15, 0.2) is 0 Å². The molecule has 7 nitrogen and oxygen atoms in total. The lowest BCUT2D eigenvalue weighted by atomic mass is 10.1. The summed E-state index contributed by atoms with van der Waals surface area (Å²) in [4.78, 5) is 41.2. The molecule has 0 atom stereocenters. The van der Waals surface area contributed by atoms with Crippen molar-refractivity contribution in [2.24, 2.45) is 0 Å². The number of aryl methyl sites for hydroxylation is 1. The van der Waals surface area contributed by atoms with Gasteiger partial charge in [0.2, 0.25) is 0 Å². The van der Waals surface area contributed by atoms with Gasteiger partial charge in [-0.05, 0) is 54.8 Å². The van der Waals surface area contributed by atoms with Crippen LogP contribution in [0.4, 0.5) is 5.69 Å². The van der Waals surface area contributed by atoms with E-state index in [1.807, 2.05) is 23.6 Å². The Labute approximate surface area is 171 Å². The first-order valence-electron chi connectivity index (χ1n) is 8.76. The molecule has 8 heteroatoms. The van der Waals surface area contributed by atoms with E-state index in [9.17, 15) is 14.4 Å². The molecule has 1 aromatic carbocycles. The van der Waals surface area contributed by atoms with Gasteiger partial charge in [-0.3, -0.25) is 19.4 Å². The summed E-state index contributed by atoms with van der Waals surface area (Å²) in [7, 11) is 1.25. The first-order valence-corrected chi connectivity index (χ1v) is 9.64. The molecule has 0 radical (unpaired) electrons. The average molecular weight is 409 g/mol. The number of amides is 2. The van der Waals surface area contributed by atoms with E-state index in [2.05, 4.69) is 20.4 Å². The maximum Gasteiger partial charge on any atom is 0.325 e. The van der Waals surface area contributed by atoms with Gasteiger partial charge in [-0.25, -0.2) is 0 Å². The largest absolute Gasteiger partial charge is 0.468 e. The average Bonchev–Trinajstić information content (AvgIpc) is 3.27. The van der Waals surface area contributed by atoms with Gasteiger partial charge in [0, 0.05) is 11.3 Å². The van der Waals surface area contributed by atoms with Crippen LogP contribution in [0.25, 0.3) is 10.6 Å². The van der Waals surface area contributed by atoms with E-state index in [-0.39, 0.29) is 12.5 Å². The van der Waals surface area contributed by atoms with Gasteiger partial charge in [0.1, 0.15) is 6.54 Å². The molecule has 2 aromatic heterocycles. The number of methoxy groups -OCH3 is 1. The molecule has 0 spiro atoms.